The van der Waals surface area contributed by atoms with Crippen LogP contribution in [-0.4, -0.2) is 51.8 Å². The van der Waals surface area contributed by atoms with Gasteiger partial charge in [-0.3, -0.25) is 0 Å². The molecule has 0 amide bonds. The highest BCUT2D eigenvalue weighted by atomic mass is 31.1. The second-order valence-electron chi connectivity index (χ2n) is 6.32. The molecule has 1 heterocycles. The third kappa shape index (κ3) is 5.55. The van der Waals surface area contributed by atoms with Gasteiger partial charge in [-0.25, -0.2) is 0 Å². The van der Waals surface area contributed by atoms with Crippen molar-refractivity contribution in [1.29, 1.82) is 0 Å². The van der Waals surface area contributed by atoms with Crippen molar-refractivity contribution in [3.63, 3.8) is 0 Å². The lowest BCUT2D eigenvalue weighted by Gasteiger charge is -2.42. The molecule has 0 aliphatic carbocycles. The first-order valence-electron chi connectivity index (χ1n) is 5.71. The van der Waals surface area contributed by atoms with Crippen molar-refractivity contribution in [2.75, 3.05) is 24.6 Å². The summed E-state index contributed by atoms with van der Waals surface area (Å²) in [7, 11) is 0.659. The smallest absolute Gasteiger partial charge is 0 e. The van der Waals surface area contributed by atoms with Crippen LogP contribution in [0.5, 0.6) is 0 Å². The highest BCUT2D eigenvalue weighted by molar-refractivity contribution is 7.67. The Balaban J connectivity index is 0. The molecule has 1 aliphatic heterocycles. The van der Waals surface area contributed by atoms with Crippen LogP contribution in [0.3, 0.4) is 0 Å². The lowest BCUT2D eigenvalue weighted by atomic mass is 10.3. The minimum Gasteiger partial charge on any atom is -0.100 e. The van der Waals surface area contributed by atoms with Gasteiger partial charge in [0.2, 0.25) is 0 Å². The van der Waals surface area contributed by atoms with Gasteiger partial charge in [0.1, 0.15) is 0 Å². The van der Waals surface area contributed by atoms with Crippen LogP contribution in [0.2, 0.25) is 0 Å². The Bertz CT molecular complexity index is 164. The Hall–Kier alpha value is 0.990. The molecule has 4 heteroatoms. The van der Waals surface area contributed by atoms with Crippen LogP contribution in [0.25, 0.3) is 0 Å². The van der Waals surface area contributed by atoms with Gasteiger partial charge in [-0.05, 0) is 35.0 Å². The van der Waals surface area contributed by atoms with Gasteiger partial charge in [0, 0.05) is 16.8 Å². The Kier molecular flexibility index (Phi) is 8.21. The van der Waals surface area contributed by atoms with Crippen LogP contribution in [0.15, 0.2) is 0 Å². The SMILES string of the molecule is CC(C)(C)P1CCP(C(C)(C)C)CC1.[B].[B]. The maximum Gasteiger partial charge on any atom is 0 e. The van der Waals surface area contributed by atoms with E-state index < -0.39 is 0 Å². The Morgan fingerprint density at radius 1 is 0.562 bits per heavy atom. The van der Waals surface area contributed by atoms with Gasteiger partial charge in [-0.15, -0.1) is 15.8 Å². The third-order valence-electron chi connectivity index (χ3n) is 3.18. The summed E-state index contributed by atoms with van der Waals surface area (Å²) in [6.07, 6.45) is 6.17. The molecule has 0 unspecified atom stereocenters. The molecule has 0 N–H and O–H groups in total. The quantitative estimate of drug-likeness (QED) is 0.455. The zero-order valence-electron chi connectivity index (χ0n) is 11.9. The predicted octanol–water partition coefficient (Wildman–Crippen LogP) is 3.80. The second kappa shape index (κ2) is 6.80. The lowest BCUT2D eigenvalue weighted by molar-refractivity contribution is 0.765. The van der Waals surface area contributed by atoms with Crippen molar-refractivity contribution >= 4 is 32.7 Å². The van der Waals surface area contributed by atoms with E-state index in [9.17, 15) is 0 Å². The summed E-state index contributed by atoms with van der Waals surface area (Å²) < 4.78 is 0. The first-order valence-corrected chi connectivity index (χ1v) is 9.14. The summed E-state index contributed by atoms with van der Waals surface area (Å²) in [5.74, 6) is 0. The van der Waals surface area contributed by atoms with E-state index in [1.54, 1.807) is 24.6 Å². The molecule has 6 radical (unpaired) electrons. The maximum atomic E-state index is 2.43. The first kappa shape index (κ1) is 19.3. The number of hydrogen-bond acceptors (Lipinski definition) is 0. The average molecular weight is 254 g/mol. The normalized spacial score (nSPS) is 26.6. The summed E-state index contributed by atoms with van der Waals surface area (Å²) in [6.45, 7) is 14.6. The highest BCUT2D eigenvalue weighted by Crippen LogP contribution is 2.61. The maximum absolute atomic E-state index is 2.43. The zero-order chi connectivity index (χ0) is 11.0. The van der Waals surface area contributed by atoms with Crippen LogP contribution in [-0.2, 0) is 0 Å². The third-order valence-corrected chi connectivity index (χ3v) is 10.7. The van der Waals surface area contributed by atoms with Crippen molar-refractivity contribution in [1.82, 2.24) is 0 Å². The molecule has 90 valence electrons. The van der Waals surface area contributed by atoms with Crippen molar-refractivity contribution in [2.45, 2.75) is 51.9 Å². The summed E-state index contributed by atoms with van der Waals surface area (Å²) in [5.41, 5.74) is 0. The van der Waals surface area contributed by atoms with Crippen molar-refractivity contribution in [2.24, 2.45) is 0 Å². The molecule has 0 aromatic carbocycles. The molecule has 0 spiro atoms. The first-order chi connectivity index (χ1) is 6.21. The average Bonchev–Trinajstić information content (AvgIpc) is 2.01. The molecule has 1 saturated heterocycles. The lowest BCUT2D eigenvalue weighted by Crippen LogP contribution is -2.26. The molecule has 0 atom stereocenters. The van der Waals surface area contributed by atoms with Crippen LogP contribution < -0.4 is 0 Å². The minimum absolute atomic E-state index is 0. The molecular formula is C12H26B2P2. The van der Waals surface area contributed by atoms with E-state index in [4.69, 9.17) is 0 Å². The monoisotopic (exact) mass is 254 g/mol. The summed E-state index contributed by atoms with van der Waals surface area (Å²) >= 11 is 0. The van der Waals surface area contributed by atoms with Crippen molar-refractivity contribution < 1.29 is 0 Å². The van der Waals surface area contributed by atoms with Crippen molar-refractivity contribution in [3.8, 4) is 0 Å². The Labute approximate surface area is 109 Å². The molecule has 16 heavy (non-hydrogen) atoms. The Morgan fingerprint density at radius 3 is 0.875 bits per heavy atom. The fourth-order valence-corrected chi connectivity index (χ4v) is 9.04. The van der Waals surface area contributed by atoms with Crippen LogP contribution in [0.4, 0.5) is 0 Å². The van der Waals surface area contributed by atoms with E-state index in [-0.39, 0.29) is 16.8 Å². The molecule has 0 bridgehead atoms. The minimum atomic E-state index is 0. The van der Waals surface area contributed by atoms with Gasteiger partial charge >= 0.3 is 0 Å². The van der Waals surface area contributed by atoms with E-state index >= 15 is 0 Å². The fraction of sp³-hybridized carbons (Fsp3) is 1.00. The van der Waals surface area contributed by atoms with Gasteiger partial charge in [0.25, 0.3) is 0 Å². The van der Waals surface area contributed by atoms with E-state index in [1.807, 2.05) is 0 Å². The van der Waals surface area contributed by atoms with Gasteiger partial charge in [-0.1, -0.05) is 41.5 Å². The number of hydrogen-bond donors (Lipinski definition) is 0. The second-order valence-corrected chi connectivity index (χ2v) is 12.9. The van der Waals surface area contributed by atoms with E-state index in [0.29, 0.717) is 26.2 Å². The fourth-order valence-electron chi connectivity index (χ4n) is 2.05. The van der Waals surface area contributed by atoms with Gasteiger partial charge in [0.05, 0.1) is 0 Å². The standard InChI is InChI=1S/C12H26P2.2B/c1-11(2,3)13-7-9-14(10-8-13)12(4,5)6;;/h7-10H2,1-6H3;;. The molecule has 1 rings (SSSR count). The van der Waals surface area contributed by atoms with Crippen LogP contribution in [0, 0.1) is 0 Å². The predicted molar refractivity (Wildman–Crippen MR) is 84.3 cm³/mol. The molecule has 0 nitrogen and oxygen atoms in total. The largest absolute Gasteiger partial charge is 0.100 e. The van der Waals surface area contributed by atoms with E-state index in [0.717, 1.165) is 0 Å². The van der Waals surface area contributed by atoms with E-state index in [2.05, 4.69) is 41.5 Å². The van der Waals surface area contributed by atoms with Crippen LogP contribution >= 0.6 is 15.8 Å². The number of rotatable bonds is 0. The molecule has 1 fully saturated rings. The van der Waals surface area contributed by atoms with Gasteiger partial charge in [0.15, 0.2) is 0 Å². The summed E-state index contributed by atoms with van der Waals surface area (Å²) in [4.78, 5) is 0. The van der Waals surface area contributed by atoms with Crippen molar-refractivity contribution in [3.05, 3.63) is 0 Å². The zero-order valence-corrected chi connectivity index (χ0v) is 13.7. The molecule has 0 aromatic heterocycles. The topological polar surface area (TPSA) is 0 Å². The highest BCUT2D eigenvalue weighted by Gasteiger charge is 2.33. The van der Waals surface area contributed by atoms with E-state index in [1.165, 1.54) is 0 Å². The molecule has 0 aromatic rings. The summed E-state index contributed by atoms with van der Waals surface area (Å²) in [5, 5.41) is 1.21. The van der Waals surface area contributed by atoms with Gasteiger partial charge in [-0.2, -0.15) is 0 Å². The molecular weight excluding hydrogens is 228 g/mol. The molecule has 1 aliphatic rings. The molecule has 0 saturated carbocycles. The van der Waals surface area contributed by atoms with Gasteiger partial charge < -0.3 is 0 Å². The van der Waals surface area contributed by atoms with Crippen LogP contribution in [0.1, 0.15) is 41.5 Å². The Morgan fingerprint density at radius 2 is 0.750 bits per heavy atom. The summed E-state index contributed by atoms with van der Waals surface area (Å²) in [6, 6.07) is 0.